The van der Waals surface area contributed by atoms with E-state index in [-0.39, 0.29) is 18.1 Å². The molecule has 0 atom stereocenters. The van der Waals surface area contributed by atoms with E-state index in [1.165, 1.54) is 0 Å². The average molecular weight is 404 g/mol. The van der Waals surface area contributed by atoms with E-state index in [1.54, 1.807) is 13.0 Å². The summed E-state index contributed by atoms with van der Waals surface area (Å²) in [5.74, 6) is 0.268. The summed E-state index contributed by atoms with van der Waals surface area (Å²) in [5.41, 5.74) is 6.99. The van der Waals surface area contributed by atoms with Crippen LogP contribution in [0.25, 0.3) is 22.4 Å². The number of nitrogens with zero attached hydrogens (tertiary/aromatic N) is 2. The molecule has 8 heteroatoms. The summed E-state index contributed by atoms with van der Waals surface area (Å²) in [6.45, 7) is 1.80. The fourth-order valence-electron chi connectivity index (χ4n) is 3.09. The summed E-state index contributed by atoms with van der Waals surface area (Å²) in [5, 5.41) is 8.89. The molecule has 30 heavy (non-hydrogen) atoms. The number of hydrazine groups is 1. The largest absolute Gasteiger partial charge is 0.451 e. The molecule has 0 aliphatic heterocycles. The number of nitrogens with one attached hydrogen (secondary N) is 2. The molecule has 8 nitrogen and oxygen atoms in total. The molecule has 0 fully saturated rings. The van der Waals surface area contributed by atoms with E-state index in [2.05, 4.69) is 21.0 Å². The van der Waals surface area contributed by atoms with Crippen LogP contribution in [0, 0.1) is 6.92 Å². The van der Waals surface area contributed by atoms with Crippen molar-refractivity contribution >= 4 is 22.8 Å². The quantitative estimate of drug-likeness (QED) is 0.475. The number of furan rings is 1. The maximum Gasteiger partial charge on any atom is 0.305 e. The van der Waals surface area contributed by atoms with Crippen molar-refractivity contribution in [3.8, 4) is 11.5 Å². The first-order chi connectivity index (χ1) is 14.6. The van der Waals surface area contributed by atoms with Gasteiger partial charge < -0.3 is 8.83 Å². The van der Waals surface area contributed by atoms with Crippen molar-refractivity contribution in [2.24, 2.45) is 0 Å². The number of benzene rings is 2. The topological polar surface area (TPSA) is 110 Å². The Bertz CT molecular complexity index is 1180. The first kappa shape index (κ1) is 19.4. The second-order valence-electron chi connectivity index (χ2n) is 6.78. The van der Waals surface area contributed by atoms with Crippen LogP contribution in [0.2, 0.25) is 0 Å². The molecule has 0 saturated carbocycles. The zero-order valence-corrected chi connectivity index (χ0v) is 16.3. The standard InChI is InChI=1S/C22H20N4O4/c1-14-16-10-5-6-11-17(16)29-20(14)21(28)25-23-18(27)12-7-13-19-24-26-22(30-19)15-8-3-2-4-9-15/h2-6,8-11H,7,12-13H2,1H3,(H,23,27)(H,25,28). The van der Waals surface area contributed by atoms with Gasteiger partial charge in [0.2, 0.25) is 17.7 Å². The maximum absolute atomic E-state index is 12.3. The summed E-state index contributed by atoms with van der Waals surface area (Å²) in [4.78, 5) is 24.3. The van der Waals surface area contributed by atoms with Gasteiger partial charge in [-0.3, -0.25) is 20.4 Å². The molecule has 0 aliphatic rings. The van der Waals surface area contributed by atoms with E-state index >= 15 is 0 Å². The number of hydrogen-bond acceptors (Lipinski definition) is 6. The number of carbonyl (C=O) groups excluding carboxylic acids is 2. The van der Waals surface area contributed by atoms with E-state index in [1.807, 2.05) is 48.5 Å². The zero-order valence-electron chi connectivity index (χ0n) is 16.3. The second-order valence-corrected chi connectivity index (χ2v) is 6.78. The number of rotatable bonds is 6. The predicted molar refractivity (Wildman–Crippen MR) is 109 cm³/mol. The highest BCUT2D eigenvalue weighted by Crippen LogP contribution is 2.24. The molecule has 0 aliphatic carbocycles. The Morgan fingerprint density at radius 2 is 1.70 bits per heavy atom. The molecular weight excluding hydrogens is 384 g/mol. The smallest absolute Gasteiger partial charge is 0.305 e. The van der Waals surface area contributed by atoms with Gasteiger partial charge in [-0.05, 0) is 31.5 Å². The van der Waals surface area contributed by atoms with Crippen LogP contribution >= 0.6 is 0 Å². The van der Waals surface area contributed by atoms with E-state index in [4.69, 9.17) is 8.83 Å². The molecule has 0 spiro atoms. The summed E-state index contributed by atoms with van der Waals surface area (Å²) in [6.07, 6.45) is 1.16. The Morgan fingerprint density at radius 3 is 2.50 bits per heavy atom. The van der Waals surface area contributed by atoms with Crippen molar-refractivity contribution in [3.05, 3.63) is 71.8 Å². The molecule has 2 heterocycles. The Hall–Kier alpha value is -3.94. The third-order valence-corrected chi connectivity index (χ3v) is 4.65. The fraction of sp³-hybridized carbons (Fsp3) is 0.182. The minimum Gasteiger partial charge on any atom is -0.451 e. The SMILES string of the molecule is Cc1c(C(=O)NNC(=O)CCCc2nnc(-c3ccccc3)o2)oc2ccccc12. The zero-order chi connectivity index (χ0) is 20.9. The number of fused-ring (bicyclic) bond motifs is 1. The molecule has 0 unspecified atom stereocenters. The van der Waals surface area contributed by atoms with E-state index in [9.17, 15) is 9.59 Å². The normalized spacial score (nSPS) is 10.8. The summed E-state index contributed by atoms with van der Waals surface area (Å²) in [7, 11) is 0. The van der Waals surface area contributed by atoms with E-state index in [0.29, 0.717) is 30.2 Å². The number of carbonyl (C=O) groups is 2. The first-order valence-electron chi connectivity index (χ1n) is 9.57. The molecule has 4 rings (SSSR count). The Labute approximate surface area is 172 Å². The Morgan fingerprint density at radius 1 is 0.933 bits per heavy atom. The third kappa shape index (κ3) is 4.22. The minimum atomic E-state index is -0.499. The number of amides is 2. The monoisotopic (exact) mass is 404 g/mol. The Kier molecular flexibility index (Phi) is 5.56. The van der Waals surface area contributed by atoms with Crippen molar-refractivity contribution in [2.75, 3.05) is 0 Å². The molecule has 2 N–H and O–H groups in total. The van der Waals surface area contributed by atoms with Crippen LogP contribution in [-0.2, 0) is 11.2 Å². The van der Waals surface area contributed by atoms with Crippen LogP contribution in [0.15, 0.2) is 63.4 Å². The lowest BCUT2D eigenvalue weighted by Gasteiger charge is -2.05. The highest BCUT2D eigenvalue weighted by molar-refractivity contribution is 5.99. The van der Waals surface area contributed by atoms with Crippen LogP contribution in [0.5, 0.6) is 0 Å². The van der Waals surface area contributed by atoms with E-state index < -0.39 is 5.91 Å². The molecule has 0 bridgehead atoms. The predicted octanol–water partition coefficient (Wildman–Crippen LogP) is 3.58. The molecule has 2 amide bonds. The van der Waals surface area contributed by atoms with Crippen LogP contribution in [0.4, 0.5) is 0 Å². The van der Waals surface area contributed by atoms with Gasteiger partial charge in [0.05, 0.1) is 0 Å². The minimum absolute atomic E-state index is 0.177. The van der Waals surface area contributed by atoms with Gasteiger partial charge >= 0.3 is 5.91 Å². The van der Waals surface area contributed by atoms with E-state index in [0.717, 1.165) is 16.5 Å². The maximum atomic E-state index is 12.3. The van der Waals surface area contributed by atoms with Gasteiger partial charge in [-0.1, -0.05) is 36.4 Å². The van der Waals surface area contributed by atoms with Crippen molar-refractivity contribution in [2.45, 2.75) is 26.2 Å². The molecule has 2 aromatic carbocycles. The second kappa shape index (κ2) is 8.60. The summed E-state index contributed by atoms with van der Waals surface area (Å²) >= 11 is 0. The van der Waals surface area contributed by atoms with Gasteiger partial charge in [-0.15, -0.1) is 10.2 Å². The molecule has 2 aromatic heterocycles. The van der Waals surface area contributed by atoms with Crippen molar-refractivity contribution in [3.63, 3.8) is 0 Å². The molecule has 152 valence electrons. The number of aromatic nitrogens is 2. The lowest BCUT2D eigenvalue weighted by atomic mass is 10.1. The van der Waals surface area contributed by atoms with Crippen molar-refractivity contribution < 1.29 is 18.4 Å². The van der Waals surface area contributed by atoms with Gasteiger partial charge in [-0.2, -0.15) is 0 Å². The lowest BCUT2D eigenvalue weighted by Crippen LogP contribution is -2.41. The van der Waals surface area contributed by atoms with Gasteiger partial charge in [0.15, 0.2) is 5.76 Å². The summed E-state index contributed by atoms with van der Waals surface area (Å²) in [6, 6.07) is 16.8. The van der Waals surface area contributed by atoms with Crippen molar-refractivity contribution in [1.82, 2.24) is 21.0 Å². The van der Waals surface area contributed by atoms with Crippen LogP contribution < -0.4 is 10.9 Å². The van der Waals surface area contributed by atoms with Crippen molar-refractivity contribution in [1.29, 1.82) is 0 Å². The van der Waals surface area contributed by atoms with Gasteiger partial charge in [0.25, 0.3) is 0 Å². The highest BCUT2D eigenvalue weighted by Gasteiger charge is 2.18. The lowest BCUT2D eigenvalue weighted by molar-refractivity contribution is -0.121. The molecular formula is C22H20N4O4. The van der Waals surface area contributed by atoms with Crippen LogP contribution in [-0.4, -0.2) is 22.0 Å². The van der Waals surface area contributed by atoms with Gasteiger partial charge in [0.1, 0.15) is 5.58 Å². The van der Waals surface area contributed by atoms with Gasteiger partial charge in [-0.25, -0.2) is 0 Å². The average Bonchev–Trinajstić information content (AvgIpc) is 3.38. The number of aryl methyl sites for hydroxylation is 2. The highest BCUT2D eigenvalue weighted by atomic mass is 16.4. The molecule has 0 saturated heterocycles. The summed E-state index contributed by atoms with van der Waals surface area (Å²) < 4.78 is 11.2. The first-order valence-corrected chi connectivity index (χ1v) is 9.57. The molecule has 4 aromatic rings. The van der Waals surface area contributed by atoms with Crippen LogP contribution in [0.3, 0.4) is 0 Å². The molecule has 0 radical (unpaired) electrons. The number of hydrogen-bond donors (Lipinski definition) is 2. The fourth-order valence-corrected chi connectivity index (χ4v) is 3.09. The van der Waals surface area contributed by atoms with Gasteiger partial charge in [0, 0.05) is 29.4 Å². The number of para-hydroxylation sites is 1. The third-order valence-electron chi connectivity index (χ3n) is 4.65. The van der Waals surface area contributed by atoms with Crippen LogP contribution in [0.1, 0.15) is 34.9 Å². The Balaban J connectivity index is 1.25.